The lowest BCUT2D eigenvalue weighted by Gasteiger charge is -2.39. The molecule has 4 nitrogen and oxygen atoms in total. The van der Waals surface area contributed by atoms with Crippen LogP contribution >= 0.6 is 11.3 Å². The second kappa shape index (κ2) is 8.38. The molecule has 0 aromatic carbocycles. The minimum absolute atomic E-state index is 0.0440. The molecule has 0 bridgehead atoms. The third-order valence-corrected chi connectivity index (χ3v) is 8.01. The number of imidazole rings is 1. The summed E-state index contributed by atoms with van der Waals surface area (Å²) < 4.78 is 16.0. The summed E-state index contributed by atoms with van der Waals surface area (Å²) in [5.41, 5.74) is 2.02. The first-order valence-electron chi connectivity index (χ1n) is 11.5. The fraction of sp³-hybridized carbons (Fsp3) is 0.538. The summed E-state index contributed by atoms with van der Waals surface area (Å²) >= 11 is 1.27. The van der Waals surface area contributed by atoms with Crippen LogP contribution < -0.4 is 0 Å². The van der Waals surface area contributed by atoms with Crippen LogP contribution in [0.5, 0.6) is 0 Å². The van der Waals surface area contributed by atoms with E-state index >= 15 is 0 Å². The average Bonchev–Trinajstić information content (AvgIpc) is 3.46. The van der Waals surface area contributed by atoms with Crippen LogP contribution in [0, 0.1) is 12.1 Å². The summed E-state index contributed by atoms with van der Waals surface area (Å²) in [4.78, 5) is 13.1. The lowest BCUT2D eigenvalue weighted by Crippen LogP contribution is -2.44. The first-order valence-corrected chi connectivity index (χ1v) is 12.3. The van der Waals surface area contributed by atoms with E-state index in [-0.39, 0.29) is 21.6 Å². The summed E-state index contributed by atoms with van der Waals surface area (Å²) in [6.07, 6.45) is 8.92. The molecule has 6 heteroatoms. The van der Waals surface area contributed by atoms with E-state index in [9.17, 15) is 4.39 Å². The van der Waals surface area contributed by atoms with Crippen LogP contribution in [0.2, 0.25) is 0 Å². The van der Waals surface area contributed by atoms with E-state index < -0.39 is 0 Å². The largest absolute Gasteiger partial charge is 0.329 e. The Hall–Kier alpha value is -2.05. The van der Waals surface area contributed by atoms with Crippen molar-refractivity contribution in [1.29, 1.82) is 0 Å². The van der Waals surface area contributed by atoms with Crippen LogP contribution in [0.1, 0.15) is 69.4 Å². The number of aromatic nitrogens is 3. The van der Waals surface area contributed by atoms with Gasteiger partial charge in [-0.25, -0.2) is 4.98 Å². The van der Waals surface area contributed by atoms with Gasteiger partial charge in [0, 0.05) is 58.7 Å². The number of pyridine rings is 1. The highest BCUT2D eigenvalue weighted by atomic mass is 32.1. The van der Waals surface area contributed by atoms with Crippen molar-refractivity contribution in [2.24, 2.45) is 0 Å². The molecule has 1 saturated heterocycles. The van der Waals surface area contributed by atoms with Gasteiger partial charge in [-0.2, -0.15) is 4.39 Å². The molecule has 0 radical (unpaired) electrons. The Balaban J connectivity index is 1.67. The SMILES string of the molecule is Cc1ccc(C(C)(C)N2CC[C@](CCc3ccc(F)s3)(c3nccn3C(C)(C)C)C2)cn1. The van der Waals surface area contributed by atoms with Crippen molar-refractivity contribution in [1.82, 2.24) is 19.4 Å². The zero-order valence-corrected chi connectivity index (χ0v) is 21.0. The maximum Gasteiger partial charge on any atom is 0.176 e. The fourth-order valence-electron chi connectivity index (χ4n) is 4.95. The van der Waals surface area contributed by atoms with Crippen molar-refractivity contribution in [3.63, 3.8) is 0 Å². The van der Waals surface area contributed by atoms with Crippen LogP contribution in [-0.4, -0.2) is 32.5 Å². The Morgan fingerprint density at radius 1 is 1.09 bits per heavy atom. The molecule has 4 rings (SSSR count). The van der Waals surface area contributed by atoms with Gasteiger partial charge in [0.25, 0.3) is 0 Å². The highest BCUT2D eigenvalue weighted by Gasteiger charge is 2.47. The lowest BCUT2D eigenvalue weighted by molar-refractivity contribution is 0.140. The molecule has 0 aliphatic carbocycles. The van der Waals surface area contributed by atoms with Crippen molar-refractivity contribution < 1.29 is 4.39 Å². The molecule has 1 atom stereocenters. The maximum absolute atomic E-state index is 13.6. The topological polar surface area (TPSA) is 34.0 Å². The molecular weight excluding hydrogens is 419 g/mol. The molecule has 3 aromatic rings. The van der Waals surface area contributed by atoms with Gasteiger partial charge in [-0.1, -0.05) is 6.07 Å². The Morgan fingerprint density at radius 3 is 2.50 bits per heavy atom. The van der Waals surface area contributed by atoms with Gasteiger partial charge in [0.2, 0.25) is 0 Å². The van der Waals surface area contributed by atoms with Crippen LogP contribution in [0.3, 0.4) is 0 Å². The molecule has 1 aliphatic heterocycles. The number of nitrogens with zero attached hydrogens (tertiary/aromatic N) is 4. The van der Waals surface area contributed by atoms with Gasteiger partial charge in [-0.3, -0.25) is 9.88 Å². The number of likely N-dealkylation sites (tertiary alicyclic amines) is 1. The smallest absolute Gasteiger partial charge is 0.176 e. The molecule has 0 spiro atoms. The molecule has 0 amide bonds. The summed E-state index contributed by atoms with van der Waals surface area (Å²) in [7, 11) is 0. The summed E-state index contributed by atoms with van der Waals surface area (Å²) in [6.45, 7) is 15.2. The molecule has 3 aromatic heterocycles. The van der Waals surface area contributed by atoms with Crippen molar-refractivity contribution >= 4 is 11.3 Å². The first kappa shape index (κ1) is 23.1. The van der Waals surface area contributed by atoms with Gasteiger partial charge in [-0.05, 0) is 84.6 Å². The number of halogens is 1. The van der Waals surface area contributed by atoms with Gasteiger partial charge in [0.05, 0.1) is 0 Å². The average molecular weight is 455 g/mol. The molecule has 4 heterocycles. The van der Waals surface area contributed by atoms with E-state index in [4.69, 9.17) is 4.98 Å². The van der Waals surface area contributed by atoms with Gasteiger partial charge < -0.3 is 4.57 Å². The molecule has 0 N–H and O–H groups in total. The highest BCUT2D eigenvalue weighted by molar-refractivity contribution is 7.10. The van der Waals surface area contributed by atoms with Crippen molar-refractivity contribution in [2.75, 3.05) is 13.1 Å². The van der Waals surface area contributed by atoms with Crippen LogP contribution in [0.25, 0.3) is 0 Å². The van der Waals surface area contributed by atoms with E-state index in [2.05, 4.69) is 67.4 Å². The summed E-state index contributed by atoms with van der Waals surface area (Å²) in [5, 5.41) is -0.105. The predicted molar refractivity (Wildman–Crippen MR) is 130 cm³/mol. The molecule has 0 unspecified atom stereocenters. The van der Waals surface area contributed by atoms with E-state index in [1.54, 1.807) is 6.07 Å². The number of rotatable bonds is 6. The van der Waals surface area contributed by atoms with Gasteiger partial charge in [0.1, 0.15) is 5.82 Å². The lowest BCUT2D eigenvalue weighted by atomic mass is 9.80. The van der Waals surface area contributed by atoms with Crippen molar-refractivity contribution in [3.05, 3.63) is 69.9 Å². The Kier molecular flexibility index (Phi) is 6.05. The first-order chi connectivity index (χ1) is 15.0. The van der Waals surface area contributed by atoms with E-state index in [0.29, 0.717) is 0 Å². The minimum atomic E-state index is -0.128. The zero-order chi connectivity index (χ0) is 23.1. The third-order valence-electron chi connectivity index (χ3n) is 7.08. The van der Waals surface area contributed by atoms with Gasteiger partial charge in [0.15, 0.2) is 5.13 Å². The van der Waals surface area contributed by atoms with Crippen LogP contribution in [0.15, 0.2) is 42.9 Å². The quantitative estimate of drug-likeness (QED) is 0.454. The molecule has 1 fully saturated rings. The number of thiophene rings is 1. The van der Waals surface area contributed by atoms with Crippen LogP contribution in [0.4, 0.5) is 4.39 Å². The molecule has 32 heavy (non-hydrogen) atoms. The Bertz CT molecular complexity index is 1060. The standard InChI is InChI=1S/C26H35FN4S/c1-19-7-8-20(17-29-19)25(5,6)30-15-13-26(18-30,12-11-21-9-10-22(27)32-21)23-28-14-16-31(23)24(2,3)4/h7-10,14,16-17H,11-13,15,18H2,1-6H3/t26-/m0/s1. The monoisotopic (exact) mass is 454 g/mol. The van der Waals surface area contributed by atoms with Crippen LogP contribution in [-0.2, 0) is 22.9 Å². The Labute approximate surface area is 195 Å². The maximum atomic E-state index is 13.6. The van der Waals surface area contributed by atoms with E-state index in [1.807, 2.05) is 25.4 Å². The fourth-order valence-corrected chi connectivity index (χ4v) is 5.67. The number of hydrogen-bond acceptors (Lipinski definition) is 4. The normalized spacial score (nSPS) is 20.2. The zero-order valence-electron chi connectivity index (χ0n) is 20.2. The Morgan fingerprint density at radius 2 is 1.88 bits per heavy atom. The minimum Gasteiger partial charge on any atom is -0.329 e. The summed E-state index contributed by atoms with van der Waals surface area (Å²) in [5.74, 6) is 1.15. The molecule has 0 saturated carbocycles. The second-order valence-electron chi connectivity index (χ2n) is 10.7. The third kappa shape index (κ3) is 4.40. The number of hydrogen-bond donors (Lipinski definition) is 0. The van der Waals surface area contributed by atoms with Crippen molar-refractivity contribution in [2.45, 2.75) is 77.3 Å². The van der Waals surface area contributed by atoms with Gasteiger partial charge >= 0.3 is 0 Å². The van der Waals surface area contributed by atoms with E-state index in [0.717, 1.165) is 48.7 Å². The molecular formula is C26H35FN4S. The molecule has 1 aliphatic rings. The summed E-state index contributed by atoms with van der Waals surface area (Å²) in [6, 6.07) is 7.81. The predicted octanol–water partition coefficient (Wildman–Crippen LogP) is 6.05. The highest BCUT2D eigenvalue weighted by Crippen LogP contribution is 2.44. The van der Waals surface area contributed by atoms with Crippen molar-refractivity contribution in [3.8, 4) is 0 Å². The molecule has 172 valence electrons. The van der Waals surface area contributed by atoms with E-state index in [1.165, 1.54) is 16.9 Å². The van der Waals surface area contributed by atoms with Gasteiger partial charge in [-0.15, -0.1) is 11.3 Å². The number of aryl methyl sites for hydroxylation is 2. The second-order valence-corrected chi connectivity index (χ2v) is 11.8.